The smallest absolute Gasteiger partial charge is 0.254 e. The Labute approximate surface area is 129 Å². The summed E-state index contributed by atoms with van der Waals surface area (Å²) in [5.74, 6) is -0.0206. The Morgan fingerprint density at radius 2 is 2.12 bits per heavy atom. The van der Waals surface area contributed by atoms with Crippen molar-refractivity contribution < 1.29 is 4.79 Å². The van der Waals surface area contributed by atoms with E-state index in [1.54, 1.807) is 24.1 Å². The van der Waals surface area contributed by atoms with Gasteiger partial charge in [-0.3, -0.25) is 4.79 Å². The van der Waals surface area contributed by atoms with Crippen molar-refractivity contribution in [3.05, 3.63) is 32.4 Å². The van der Waals surface area contributed by atoms with Crippen LogP contribution in [0.5, 0.6) is 0 Å². The first-order valence-electron chi connectivity index (χ1n) is 5.09. The minimum absolute atomic E-state index is 0.0206. The van der Waals surface area contributed by atoms with Crippen LogP contribution in [0, 0.1) is 3.57 Å². The van der Waals surface area contributed by atoms with E-state index in [0.29, 0.717) is 10.6 Å². The molecule has 17 heavy (non-hydrogen) atoms. The zero-order chi connectivity index (χ0) is 13.2. The Morgan fingerprint density at radius 1 is 1.53 bits per heavy atom. The van der Waals surface area contributed by atoms with E-state index < -0.39 is 0 Å². The van der Waals surface area contributed by atoms with Crippen LogP contribution in [0.3, 0.4) is 0 Å². The summed E-state index contributed by atoms with van der Waals surface area (Å²) < 4.78 is 0.947. The normalized spacial score (nSPS) is 11.4. The molecular formula is C12H14BrClINO. The summed E-state index contributed by atoms with van der Waals surface area (Å²) >= 11 is 11.6. The molecule has 0 aliphatic heterocycles. The number of carbonyl (C=O) groups is 1. The van der Waals surface area contributed by atoms with Gasteiger partial charge in [0.2, 0.25) is 0 Å². The molecular weight excluding hydrogens is 416 g/mol. The average Bonchev–Trinajstić information content (AvgIpc) is 2.30. The van der Waals surface area contributed by atoms with E-state index in [2.05, 4.69) is 38.5 Å². The van der Waals surface area contributed by atoms with E-state index in [4.69, 9.17) is 11.6 Å². The van der Waals surface area contributed by atoms with Crippen molar-refractivity contribution >= 4 is 56.0 Å². The van der Waals surface area contributed by atoms with Gasteiger partial charge in [-0.2, -0.15) is 0 Å². The molecule has 94 valence electrons. The van der Waals surface area contributed by atoms with Crippen LogP contribution in [0.2, 0.25) is 5.02 Å². The summed E-state index contributed by atoms with van der Waals surface area (Å²) in [6, 6.07) is 5.37. The van der Waals surface area contributed by atoms with E-state index in [1.807, 2.05) is 19.9 Å². The standard InChI is InChI=1S/C12H14BrClINO/c1-12(2,7-13)16(3)11(17)8-4-5-10(15)9(14)6-8/h4-6H,7H2,1-3H3. The highest BCUT2D eigenvalue weighted by Crippen LogP contribution is 2.23. The lowest BCUT2D eigenvalue weighted by molar-refractivity contribution is 0.0663. The molecule has 0 unspecified atom stereocenters. The number of alkyl halides is 1. The number of rotatable bonds is 3. The molecule has 0 saturated heterocycles. The van der Waals surface area contributed by atoms with Crippen molar-refractivity contribution in [3.8, 4) is 0 Å². The SMILES string of the molecule is CN(C(=O)c1ccc(I)c(Cl)c1)C(C)(C)CBr. The number of hydrogen-bond acceptors (Lipinski definition) is 1. The van der Waals surface area contributed by atoms with Gasteiger partial charge in [0.1, 0.15) is 0 Å². The molecule has 1 amide bonds. The second-order valence-electron chi connectivity index (χ2n) is 4.44. The van der Waals surface area contributed by atoms with Crippen LogP contribution in [-0.4, -0.2) is 28.7 Å². The quantitative estimate of drug-likeness (QED) is 0.520. The molecule has 0 radical (unpaired) electrons. The number of benzene rings is 1. The third kappa shape index (κ3) is 3.58. The van der Waals surface area contributed by atoms with Gasteiger partial charge in [-0.1, -0.05) is 27.5 Å². The van der Waals surface area contributed by atoms with Gasteiger partial charge in [-0.25, -0.2) is 0 Å². The lowest BCUT2D eigenvalue weighted by Crippen LogP contribution is -2.46. The Balaban J connectivity index is 3.01. The molecule has 0 N–H and O–H groups in total. The lowest BCUT2D eigenvalue weighted by Gasteiger charge is -2.34. The highest BCUT2D eigenvalue weighted by molar-refractivity contribution is 14.1. The number of nitrogens with zero attached hydrogens (tertiary/aromatic N) is 1. The monoisotopic (exact) mass is 429 g/mol. The number of amides is 1. The van der Waals surface area contributed by atoms with E-state index in [1.165, 1.54) is 0 Å². The van der Waals surface area contributed by atoms with E-state index in [0.717, 1.165) is 8.90 Å². The van der Waals surface area contributed by atoms with Crippen molar-refractivity contribution in [1.82, 2.24) is 4.90 Å². The van der Waals surface area contributed by atoms with Gasteiger partial charge in [0.15, 0.2) is 0 Å². The number of hydrogen-bond donors (Lipinski definition) is 0. The summed E-state index contributed by atoms with van der Waals surface area (Å²) in [7, 11) is 1.80. The first kappa shape index (κ1) is 15.2. The molecule has 0 saturated carbocycles. The molecule has 1 aromatic rings. The average molecular weight is 431 g/mol. The first-order chi connectivity index (χ1) is 7.79. The van der Waals surface area contributed by atoms with Crippen molar-refractivity contribution in [2.45, 2.75) is 19.4 Å². The fraction of sp³-hybridized carbons (Fsp3) is 0.417. The fourth-order valence-corrected chi connectivity index (χ4v) is 2.08. The molecule has 0 bridgehead atoms. The minimum Gasteiger partial charge on any atom is -0.336 e. The van der Waals surface area contributed by atoms with Gasteiger partial charge in [-0.05, 0) is 54.6 Å². The predicted molar refractivity (Wildman–Crippen MR) is 84.1 cm³/mol. The first-order valence-corrected chi connectivity index (χ1v) is 7.66. The number of halogens is 3. The Kier molecular flexibility index (Phi) is 5.28. The zero-order valence-electron chi connectivity index (χ0n) is 9.93. The van der Waals surface area contributed by atoms with E-state index in [-0.39, 0.29) is 11.4 Å². The molecule has 0 atom stereocenters. The second-order valence-corrected chi connectivity index (χ2v) is 6.57. The number of carbonyl (C=O) groups excluding carboxylic acids is 1. The van der Waals surface area contributed by atoms with Crippen LogP contribution in [0.4, 0.5) is 0 Å². The molecule has 0 spiro atoms. The predicted octanol–water partition coefficient (Wildman–Crippen LogP) is 4.19. The van der Waals surface area contributed by atoms with Crippen LogP contribution < -0.4 is 0 Å². The summed E-state index contributed by atoms with van der Waals surface area (Å²) in [5.41, 5.74) is 0.388. The zero-order valence-corrected chi connectivity index (χ0v) is 14.4. The van der Waals surface area contributed by atoms with Crippen LogP contribution in [-0.2, 0) is 0 Å². The van der Waals surface area contributed by atoms with Crippen LogP contribution in [0.15, 0.2) is 18.2 Å². The highest BCUT2D eigenvalue weighted by atomic mass is 127. The molecule has 0 aliphatic rings. The molecule has 0 heterocycles. The maximum absolute atomic E-state index is 12.3. The lowest BCUT2D eigenvalue weighted by atomic mass is 10.1. The molecule has 0 aliphatic carbocycles. The van der Waals surface area contributed by atoms with Crippen LogP contribution >= 0.6 is 50.1 Å². The second kappa shape index (κ2) is 5.89. The minimum atomic E-state index is -0.230. The summed E-state index contributed by atoms with van der Waals surface area (Å²) in [6.45, 7) is 4.02. The third-order valence-electron chi connectivity index (χ3n) is 2.71. The van der Waals surface area contributed by atoms with Crippen molar-refractivity contribution in [1.29, 1.82) is 0 Å². The molecule has 2 nitrogen and oxygen atoms in total. The van der Waals surface area contributed by atoms with Gasteiger partial charge in [-0.15, -0.1) is 0 Å². The van der Waals surface area contributed by atoms with Crippen molar-refractivity contribution in [3.63, 3.8) is 0 Å². The maximum atomic E-state index is 12.3. The topological polar surface area (TPSA) is 20.3 Å². The Bertz CT molecular complexity index is 437. The van der Waals surface area contributed by atoms with Gasteiger partial charge in [0.05, 0.1) is 5.02 Å². The van der Waals surface area contributed by atoms with Crippen molar-refractivity contribution in [2.24, 2.45) is 0 Å². The van der Waals surface area contributed by atoms with Crippen LogP contribution in [0.1, 0.15) is 24.2 Å². The summed E-state index contributed by atoms with van der Waals surface area (Å²) in [4.78, 5) is 14.0. The Hall–Kier alpha value is 0.190. The van der Waals surface area contributed by atoms with Gasteiger partial charge in [0, 0.05) is 27.1 Å². The molecule has 1 aromatic carbocycles. The molecule has 5 heteroatoms. The van der Waals surface area contributed by atoms with E-state index in [9.17, 15) is 4.79 Å². The van der Waals surface area contributed by atoms with Crippen molar-refractivity contribution in [2.75, 3.05) is 12.4 Å². The summed E-state index contributed by atoms with van der Waals surface area (Å²) in [6.07, 6.45) is 0. The van der Waals surface area contributed by atoms with Crippen LogP contribution in [0.25, 0.3) is 0 Å². The molecule has 0 aromatic heterocycles. The van der Waals surface area contributed by atoms with E-state index >= 15 is 0 Å². The fourth-order valence-electron chi connectivity index (χ4n) is 1.19. The Morgan fingerprint density at radius 3 is 2.59 bits per heavy atom. The molecule has 0 fully saturated rings. The van der Waals surface area contributed by atoms with Gasteiger partial charge < -0.3 is 4.90 Å². The highest BCUT2D eigenvalue weighted by Gasteiger charge is 2.27. The third-order valence-corrected chi connectivity index (χ3v) is 5.65. The summed E-state index contributed by atoms with van der Waals surface area (Å²) in [5, 5.41) is 1.34. The van der Waals surface area contributed by atoms with Gasteiger partial charge >= 0.3 is 0 Å². The largest absolute Gasteiger partial charge is 0.336 e. The molecule has 1 rings (SSSR count). The van der Waals surface area contributed by atoms with Gasteiger partial charge in [0.25, 0.3) is 5.91 Å². The maximum Gasteiger partial charge on any atom is 0.254 e.